The van der Waals surface area contributed by atoms with E-state index in [-0.39, 0.29) is 22.7 Å². The number of hydrogen-bond donors (Lipinski definition) is 0. The van der Waals surface area contributed by atoms with Gasteiger partial charge in [0.2, 0.25) is 0 Å². The Morgan fingerprint density at radius 3 is 2.51 bits per heavy atom. The number of allylic oxidation sites excluding steroid dienone is 5. The number of unbranched alkanes of at least 4 members (excludes halogenated alkanes) is 1. The second kappa shape index (κ2) is 15.0. The number of benzene rings is 1. The Kier molecular flexibility index (Phi) is 11.6. The van der Waals surface area contributed by atoms with Gasteiger partial charge in [0.1, 0.15) is 5.83 Å². The van der Waals surface area contributed by atoms with E-state index < -0.39 is 16.7 Å². The lowest BCUT2D eigenvalue weighted by Gasteiger charge is -2.36. The number of rotatable bonds is 15. The van der Waals surface area contributed by atoms with Crippen LogP contribution in [0.25, 0.3) is 0 Å². The van der Waals surface area contributed by atoms with Gasteiger partial charge in [-0.3, -0.25) is 9.20 Å². The van der Waals surface area contributed by atoms with Crippen molar-refractivity contribution in [1.29, 1.82) is 0 Å². The Balaban J connectivity index is 1.37. The summed E-state index contributed by atoms with van der Waals surface area (Å²) in [6.45, 7) is 4.70. The number of aliphatic imine (C=N–C) groups is 1. The molecule has 0 N–H and O–H groups in total. The van der Waals surface area contributed by atoms with Crippen LogP contribution in [0.2, 0.25) is 0 Å². The summed E-state index contributed by atoms with van der Waals surface area (Å²) < 4.78 is 61.5. The number of alkyl halides is 2. The van der Waals surface area contributed by atoms with Crippen LogP contribution in [0.15, 0.2) is 65.1 Å². The molecule has 2 heterocycles. The van der Waals surface area contributed by atoms with Gasteiger partial charge in [0, 0.05) is 53.7 Å². The van der Waals surface area contributed by atoms with Crippen molar-refractivity contribution in [3.63, 3.8) is 0 Å². The molecule has 0 spiro atoms. The van der Waals surface area contributed by atoms with Gasteiger partial charge in [0.05, 0.1) is 5.70 Å². The molecular formula is C34H46F3NO2S. The first-order valence-electron chi connectivity index (χ1n) is 15.3. The molecule has 3 aliphatic rings. The summed E-state index contributed by atoms with van der Waals surface area (Å²) in [5.74, 6) is -1.89. The van der Waals surface area contributed by atoms with Crippen molar-refractivity contribution in [3.05, 3.63) is 71.2 Å². The molecule has 2 unspecified atom stereocenters. The highest BCUT2D eigenvalue weighted by molar-refractivity contribution is 7.84. The molecule has 2 atom stereocenters. The Bertz CT molecular complexity index is 1130. The third kappa shape index (κ3) is 9.25. The monoisotopic (exact) mass is 589 g/mol. The van der Waals surface area contributed by atoms with E-state index in [2.05, 4.69) is 12.7 Å². The fourth-order valence-corrected chi connectivity index (χ4v) is 7.72. The zero-order chi connectivity index (χ0) is 29.3. The first-order chi connectivity index (χ1) is 19.7. The van der Waals surface area contributed by atoms with Gasteiger partial charge in [-0.15, -0.1) is 0 Å². The highest BCUT2D eigenvalue weighted by Gasteiger charge is 2.36. The summed E-state index contributed by atoms with van der Waals surface area (Å²) in [6.07, 6.45) is 18.2. The SMILES string of the molecule is C=CC(F)(F)c1ccc(CCCC(C2=C(F)/C(CCCCC3(CS(C)=O)CCOCC3)=C\CCC=N2)C2CC2)cc1. The second-order valence-electron chi connectivity index (χ2n) is 12.2. The van der Waals surface area contributed by atoms with Crippen molar-refractivity contribution >= 4 is 17.0 Å². The quantitative estimate of drug-likeness (QED) is 0.151. The minimum atomic E-state index is -3.02. The first kappa shape index (κ1) is 31.9. The van der Waals surface area contributed by atoms with Crippen LogP contribution in [-0.2, 0) is 27.9 Å². The lowest BCUT2D eigenvalue weighted by atomic mass is 9.77. The van der Waals surface area contributed by atoms with Crippen molar-refractivity contribution in [1.82, 2.24) is 0 Å². The lowest BCUT2D eigenvalue weighted by molar-refractivity contribution is 0.0207. The molecule has 2 fully saturated rings. The van der Waals surface area contributed by atoms with E-state index in [0.717, 1.165) is 107 Å². The van der Waals surface area contributed by atoms with Crippen LogP contribution in [0.5, 0.6) is 0 Å². The molecule has 4 rings (SSSR count). The van der Waals surface area contributed by atoms with Crippen molar-refractivity contribution in [2.24, 2.45) is 22.2 Å². The molecule has 2 aliphatic heterocycles. The summed E-state index contributed by atoms with van der Waals surface area (Å²) in [7, 11) is -0.835. The molecule has 1 aromatic rings. The van der Waals surface area contributed by atoms with E-state index in [4.69, 9.17) is 9.73 Å². The zero-order valence-electron chi connectivity index (χ0n) is 24.5. The zero-order valence-corrected chi connectivity index (χ0v) is 25.3. The van der Waals surface area contributed by atoms with E-state index in [0.29, 0.717) is 24.1 Å². The maximum atomic E-state index is 16.1. The predicted molar refractivity (Wildman–Crippen MR) is 164 cm³/mol. The van der Waals surface area contributed by atoms with Crippen LogP contribution in [0.4, 0.5) is 13.2 Å². The normalized spacial score (nSPS) is 22.4. The van der Waals surface area contributed by atoms with Gasteiger partial charge >= 0.3 is 0 Å². The summed E-state index contributed by atoms with van der Waals surface area (Å²) in [5.41, 5.74) is 2.45. The summed E-state index contributed by atoms with van der Waals surface area (Å²) in [4.78, 5) is 4.69. The van der Waals surface area contributed by atoms with Crippen molar-refractivity contribution in [2.75, 3.05) is 25.2 Å². The maximum absolute atomic E-state index is 16.1. The van der Waals surface area contributed by atoms with Gasteiger partial charge < -0.3 is 4.74 Å². The van der Waals surface area contributed by atoms with Crippen LogP contribution in [0.3, 0.4) is 0 Å². The van der Waals surface area contributed by atoms with Crippen molar-refractivity contribution in [3.8, 4) is 0 Å². The van der Waals surface area contributed by atoms with Crippen LogP contribution in [0.1, 0.15) is 88.2 Å². The molecule has 0 radical (unpaired) electrons. The molecule has 1 saturated carbocycles. The Labute approximate surface area is 246 Å². The topological polar surface area (TPSA) is 38.7 Å². The second-order valence-corrected chi connectivity index (χ2v) is 13.6. The molecule has 0 amide bonds. The molecule has 226 valence electrons. The lowest BCUT2D eigenvalue weighted by Crippen LogP contribution is -2.34. The Morgan fingerprint density at radius 1 is 1.12 bits per heavy atom. The summed E-state index contributed by atoms with van der Waals surface area (Å²) >= 11 is 0. The fourth-order valence-electron chi connectivity index (χ4n) is 6.43. The van der Waals surface area contributed by atoms with Gasteiger partial charge in [-0.25, -0.2) is 4.39 Å². The Hall–Kier alpha value is -1.99. The van der Waals surface area contributed by atoms with Gasteiger partial charge in [-0.2, -0.15) is 8.78 Å². The number of halogens is 3. The minimum absolute atomic E-state index is 0.0502. The van der Waals surface area contributed by atoms with E-state index in [9.17, 15) is 13.0 Å². The molecule has 0 bridgehead atoms. The molecular weight excluding hydrogens is 543 g/mol. The van der Waals surface area contributed by atoms with Gasteiger partial charge in [-0.1, -0.05) is 43.3 Å². The van der Waals surface area contributed by atoms with Crippen LogP contribution >= 0.6 is 0 Å². The predicted octanol–water partition coefficient (Wildman–Crippen LogP) is 9.02. The molecule has 1 saturated heterocycles. The van der Waals surface area contributed by atoms with Gasteiger partial charge in [0.25, 0.3) is 5.92 Å². The molecule has 1 aliphatic carbocycles. The van der Waals surface area contributed by atoms with Crippen molar-refractivity contribution < 1.29 is 22.1 Å². The highest BCUT2D eigenvalue weighted by Crippen LogP contribution is 2.46. The summed E-state index contributed by atoms with van der Waals surface area (Å²) in [5, 5.41) is 0. The molecule has 41 heavy (non-hydrogen) atoms. The van der Waals surface area contributed by atoms with Gasteiger partial charge in [-0.05, 0) is 106 Å². The average molecular weight is 590 g/mol. The third-order valence-electron chi connectivity index (χ3n) is 9.01. The smallest absolute Gasteiger partial charge is 0.291 e. The minimum Gasteiger partial charge on any atom is -0.381 e. The number of hydrogen-bond acceptors (Lipinski definition) is 3. The number of ether oxygens (including phenoxy) is 1. The fraction of sp³-hybridized carbons (Fsp3) is 0.618. The standard InChI is InChI=1S/C34H46F3NO2S/c1-3-34(36,37)29-17-13-26(14-18-29)9-8-12-30(27-15-16-27)32-31(35)28(11-5-7-22-38-32)10-4-6-19-33(25-41(2)39)20-23-40-24-21-33/h3,11,13-14,17-18,22,27,30H,1,4-10,12,15-16,19-21,23-25H2,2H3/b28-11-,32-31?,38-22?. The molecule has 7 heteroatoms. The first-order valence-corrected chi connectivity index (χ1v) is 17.1. The van der Waals surface area contributed by atoms with E-state index in [1.54, 1.807) is 18.4 Å². The number of nitrogens with zero attached hydrogens (tertiary/aromatic N) is 1. The number of aryl methyl sites for hydroxylation is 1. The van der Waals surface area contributed by atoms with Crippen molar-refractivity contribution in [2.45, 2.75) is 89.4 Å². The third-order valence-corrected chi connectivity index (χ3v) is 10.0. The largest absolute Gasteiger partial charge is 0.381 e. The van der Waals surface area contributed by atoms with E-state index >= 15 is 4.39 Å². The van der Waals surface area contributed by atoms with E-state index in [1.165, 1.54) is 12.1 Å². The van der Waals surface area contributed by atoms with Crippen LogP contribution in [0, 0.1) is 17.3 Å². The molecule has 3 nitrogen and oxygen atoms in total. The highest BCUT2D eigenvalue weighted by atomic mass is 32.2. The average Bonchev–Trinajstić information content (AvgIpc) is 3.79. The van der Waals surface area contributed by atoms with Gasteiger partial charge in [0.15, 0.2) is 0 Å². The molecule has 0 aromatic heterocycles. The maximum Gasteiger partial charge on any atom is 0.291 e. The molecule has 1 aromatic carbocycles. The summed E-state index contributed by atoms with van der Waals surface area (Å²) in [6, 6.07) is 6.46. The van der Waals surface area contributed by atoms with Crippen LogP contribution < -0.4 is 0 Å². The van der Waals surface area contributed by atoms with E-state index in [1.807, 2.05) is 6.21 Å². The van der Waals surface area contributed by atoms with Crippen LogP contribution in [-0.4, -0.2) is 35.6 Å². The Morgan fingerprint density at radius 2 is 1.85 bits per heavy atom.